The van der Waals surface area contributed by atoms with Crippen LogP contribution in [-0.4, -0.2) is 10.9 Å². The number of carbonyl (C=O) groups is 1. The van der Waals surface area contributed by atoms with E-state index >= 15 is 4.79 Å². The molecule has 0 aliphatic heterocycles. The topological polar surface area (TPSA) is 61.1 Å². The maximum atomic E-state index is 15.0. The van der Waals surface area contributed by atoms with Crippen molar-refractivity contribution in [2.24, 2.45) is 5.92 Å². The number of aliphatic hydroxyl groups is 1. The predicted octanol–water partition coefficient (Wildman–Crippen LogP) is 11.4. The Labute approximate surface area is 303 Å². The van der Waals surface area contributed by atoms with Crippen LogP contribution in [0.15, 0.2) is 135 Å². The van der Waals surface area contributed by atoms with Crippen LogP contribution >= 0.6 is 71.0 Å². The van der Waals surface area contributed by atoms with E-state index in [9.17, 15) is 10.4 Å². The molecule has 5 aromatic rings. The molecule has 0 radical (unpaired) electrons. The molecule has 0 spiro atoms. The van der Waals surface area contributed by atoms with Gasteiger partial charge >= 0.3 is 0 Å². The van der Waals surface area contributed by atoms with Crippen LogP contribution in [0.25, 0.3) is 0 Å². The number of nitriles is 1. The summed E-state index contributed by atoms with van der Waals surface area (Å²) in [6, 6.07) is 39.7. The fraction of sp³-hybridized carbons (Fsp3) is 0.158. The van der Waals surface area contributed by atoms with Crippen molar-refractivity contribution in [3.8, 4) is 6.07 Å². The molecule has 0 unspecified atom stereocenters. The third-order valence-electron chi connectivity index (χ3n) is 9.17. The first-order valence-corrected chi connectivity index (χ1v) is 17.7. The van der Waals surface area contributed by atoms with E-state index in [4.69, 9.17) is 23.2 Å². The van der Waals surface area contributed by atoms with Crippen LogP contribution in [0.4, 0.5) is 0 Å². The van der Waals surface area contributed by atoms with Crippen LogP contribution in [0.3, 0.4) is 0 Å². The lowest BCUT2D eigenvalue weighted by molar-refractivity contribution is -0.0738. The highest BCUT2D eigenvalue weighted by Gasteiger charge is 2.64. The molecule has 0 aromatic heterocycles. The number of benzene rings is 5. The van der Waals surface area contributed by atoms with Crippen LogP contribution < -0.4 is 0 Å². The number of halogens is 5. The number of hydrogen-bond donors (Lipinski definition) is 1. The van der Waals surface area contributed by atoms with Crippen molar-refractivity contribution in [1.29, 1.82) is 5.26 Å². The molecule has 1 aliphatic rings. The van der Waals surface area contributed by atoms with Gasteiger partial charge < -0.3 is 5.11 Å². The highest BCUT2D eigenvalue weighted by molar-refractivity contribution is 9.11. The molecule has 46 heavy (non-hydrogen) atoms. The second-order valence-corrected chi connectivity index (χ2v) is 15.2. The van der Waals surface area contributed by atoms with E-state index in [2.05, 4.69) is 53.9 Å². The highest BCUT2D eigenvalue weighted by atomic mass is 79.9. The molecular weight excluding hydrogens is 813 g/mol. The van der Waals surface area contributed by atoms with Crippen molar-refractivity contribution in [2.75, 3.05) is 0 Å². The number of nitrogens with zero attached hydrogens (tertiary/aromatic N) is 1. The van der Waals surface area contributed by atoms with Gasteiger partial charge in [-0.1, -0.05) is 132 Å². The third kappa shape index (κ3) is 6.03. The molecule has 1 N–H and O–H groups in total. The number of rotatable bonds is 6. The van der Waals surface area contributed by atoms with Crippen molar-refractivity contribution < 1.29 is 9.90 Å². The number of Topliss-reactive ketones (excluding diaryl/α,β-unsaturated/α-hetero) is 1. The molecule has 5 atom stereocenters. The molecule has 1 fully saturated rings. The van der Waals surface area contributed by atoms with Gasteiger partial charge in [-0.15, -0.1) is 0 Å². The van der Waals surface area contributed by atoms with Gasteiger partial charge in [0.05, 0.1) is 17.4 Å². The average molecular weight is 839 g/mol. The smallest absolute Gasteiger partial charge is 0.169 e. The van der Waals surface area contributed by atoms with Crippen LogP contribution in [0, 0.1) is 17.2 Å². The molecule has 0 heterocycles. The van der Waals surface area contributed by atoms with Gasteiger partial charge in [-0.2, -0.15) is 5.26 Å². The summed E-state index contributed by atoms with van der Waals surface area (Å²) in [4.78, 5) is 15.0. The largest absolute Gasteiger partial charge is 0.384 e. The minimum Gasteiger partial charge on any atom is -0.384 e. The quantitative estimate of drug-likeness (QED) is 0.173. The molecule has 0 bridgehead atoms. The summed E-state index contributed by atoms with van der Waals surface area (Å²) in [5, 5.41) is 25.9. The maximum absolute atomic E-state index is 15.0. The molecule has 5 aromatic carbocycles. The van der Waals surface area contributed by atoms with Gasteiger partial charge in [0, 0.05) is 40.9 Å². The molecule has 3 nitrogen and oxygen atoms in total. The monoisotopic (exact) mass is 835 g/mol. The van der Waals surface area contributed by atoms with Gasteiger partial charge in [0.1, 0.15) is 5.60 Å². The lowest BCUT2D eigenvalue weighted by Gasteiger charge is -2.56. The summed E-state index contributed by atoms with van der Waals surface area (Å²) >= 11 is 23.3. The van der Waals surface area contributed by atoms with E-state index in [0.29, 0.717) is 21.2 Å². The first-order chi connectivity index (χ1) is 22.1. The van der Waals surface area contributed by atoms with Crippen molar-refractivity contribution >= 4 is 76.8 Å². The van der Waals surface area contributed by atoms with Crippen molar-refractivity contribution in [3.05, 3.63) is 173 Å². The molecule has 0 amide bonds. The predicted molar refractivity (Wildman–Crippen MR) is 194 cm³/mol. The lowest BCUT2D eigenvalue weighted by atomic mass is 9.46. The standard InChI is InChI=1S/C38H26Br3Cl2NO2/c39-28-11-1-25(2-12-28)36(45)35-34(24-5-19-32(43)20-6-24)37(22-44,26-7-13-29(40)14-8-26)33(23-3-17-31(42)18-4-23)21-38(35,46)27-9-15-30(41)16-10-27/h1-20,33-35,46H,21H2/t33-,34-,35+,37-,38-/m0/s1. The SMILES string of the molecule is N#C[C@]1(c2ccc(Br)cc2)[C@H](c2ccc(Cl)cc2)C[C@](O)(c2ccc(Br)cc2)[C@@H](C(=O)c2ccc(Br)cc2)[C@@H]1c1ccc(Cl)cc1. The third-order valence-corrected chi connectivity index (χ3v) is 11.3. The Hall–Kier alpha value is -2.76. The van der Waals surface area contributed by atoms with Crippen molar-refractivity contribution in [2.45, 2.75) is 29.3 Å². The van der Waals surface area contributed by atoms with E-state index in [1.54, 1.807) is 36.4 Å². The first-order valence-electron chi connectivity index (χ1n) is 14.5. The summed E-state index contributed by atoms with van der Waals surface area (Å²) in [5.74, 6) is -2.69. The Bertz CT molecular complexity index is 1910. The Morgan fingerprint density at radius 1 is 0.674 bits per heavy atom. The molecule has 8 heteroatoms. The van der Waals surface area contributed by atoms with Crippen LogP contribution in [-0.2, 0) is 11.0 Å². The lowest BCUT2D eigenvalue weighted by Crippen LogP contribution is -2.58. The summed E-state index contributed by atoms with van der Waals surface area (Å²) in [6.07, 6.45) is 0.0942. The Kier molecular flexibility index (Phi) is 9.65. The van der Waals surface area contributed by atoms with E-state index in [0.717, 1.165) is 30.1 Å². The van der Waals surface area contributed by atoms with Crippen LogP contribution in [0.1, 0.15) is 50.9 Å². The minimum atomic E-state index is -1.69. The average Bonchev–Trinajstić information content (AvgIpc) is 3.06. The minimum absolute atomic E-state index is 0.0942. The normalized spacial score (nSPS) is 24.2. The molecule has 230 valence electrons. The van der Waals surface area contributed by atoms with E-state index < -0.39 is 28.8 Å². The number of ketones is 1. The zero-order chi connectivity index (χ0) is 32.6. The Balaban J connectivity index is 1.73. The number of hydrogen-bond acceptors (Lipinski definition) is 3. The highest BCUT2D eigenvalue weighted by Crippen LogP contribution is 2.64. The zero-order valence-corrected chi connectivity index (χ0v) is 30.4. The first kappa shape index (κ1) is 33.2. The summed E-state index contributed by atoms with van der Waals surface area (Å²) in [5.41, 5.74) is 0.331. The second kappa shape index (κ2) is 13.4. The van der Waals surface area contributed by atoms with Crippen LogP contribution in [0.5, 0.6) is 0 Å². The summed E-state index contributed by atoms with van der Waals surface area (Å²) < 4.78 is 2.53. The summed E-state index contributed by atoms with van der Waals surface area (Å²) in [7, 11) is 0. The summed E-state index contributed by atoms with van der Waals surface area (Å²) in [6.45, 7) is 0. The van der Waals surface area contributed by atoms with Crippen molar-refractivity contribution in [3.63, 3.8) is 0 Å². The molecule has 0 saturated heterocycles. The van der Waals surface area contributed by atoms with Gasteiger partial charge in [0.15, 0.2) is 5.78 Å². The Morgan fingerprint density at radius 2 is 1.11 bits per heavy atom. The fourth-order valence-electron chi connectivity index (χ4n) is 7.07. The Morgan fingerprint density at radius 3 is 1.59 bits per heavy atom. The molecular formula is C38H26Br3Cl2NO2. The molecule has 1 aliphatic carbocycles. The van der Waals surface area contributed by atoms with Gasteiger partial charge in [-0.3, -0.25) is 4.79 Å². The number of carbonyl (C=O) groups excluding carboxylic acids is 1. The van der Waals surface area contributed by atoms with Crippen LogP contribution in [0.2, 0.25) is 10.0 Å². The maximum Gasteiger partial charge on any atom is 0.169 e. The van der Waals surface area contributed by atoms with E-state index in [-0.39, 0.29) is 12.2 Å². The van der Waals surface area contributed by atoms with Crippen molar-refractivity contribution in [1.82, 2.24) is 0 Å². The van der Waals surface area contributed by atoms with E-state index in [1.807, 2.05) is 84.9 Å². The van der Waals surface area contributed by atoms with E-state index in [1.165, 1.54) is 0 Å². The van der Waals surface area contributed by atoms with Gasteiger partial charge in [-0.25, -0.2) is 0 Å². The van der Waals surface area contributed by atoms with Gasteiger partial charge in [0.2, 0.25) is 0 Å². The zero-order valence-electron chi connectivity index (χ0n) is 24.2. The molecule has 1 saturated carbocycles. The molecule has 6 rings (SSSR count). The van der Waals surface area contributed by atoms with Gasteiger partial charge in [-0.05, 0) is 89.3 Å². The fourth-order valence-corrected chi connectivity index (χ4v) is 8.12. The second-order valence-electron chi connectivity index (χ2n) is 11.6. The van der Waals surface area contributed by atoms with Gasteiger partial charge in [0.25, 0.3) is 0 Å².